The Balaban J connectivity index is 1.75. The second-order valence-corrected chi connectivity index (χ2v) is 6.78. The fraction of sp³-hybridized carbons (Fsp3) is 0.895. The predicted octanol–water partition coefficient (Wildman–Crippen LogP) is 4.77. The Morgan fingerprint density at radius 3 is 1.95 bits per heavy atom. The molecule has 0 radical (unpaired) electrons. The van der Waals surface area contributed by atoms with Crippen molar-refractivity contribution in [1.82, 2.24) is 10.2 Å². The minimum Gasteiger partial charge on any atom is -0.391 e. The maximum absolute atomic E-state index is 9.97. The summed E-state index contributed by atoms with van der Waals surface area (Å²) < 4.78 is 0. The van der Waals surface area contributed by atoms with E-state index in [1.165, 1.54) is 77.0 Å². The first-order valence-electron chi connectivity index (χ1n) is 9.65. The van der Waals surface area contributed by atoms with Crippen molar-refractivity contribution in [2.45, 2.75) is 96.5 Å². The van der Waals surface area contributed by atoms with Crippen molar-refractivity contribution < 1.29 is 5.11 Å². The van der Waals surface area contributed by atoms with Crippen molar-refractivity contribution in [3.8, 4) is 0 Å². The van der Waals surface area contributed by atoms with Gasteiger partial charge in [-0.3, -0.25) is 0 Å². The van der Waals surface area contributed by atoms with Crippen molar-refractivity contribution in [2.75, 3.05) is 13.2 Å². The second-order valence-electron chi connectivity index (χ2n) is 6.78. The van der Waals surface area contributed by atoms with Crippen LogP contribution in [0.4, 0.5) is 0 Å². The van der Waals surface area contributed by atoms with Crippen LogP contribution in [0.1, 0.15) is 90.4 Å². The second kappa shape index (κ2) is 13.9. The topological polar surface area (TPSA) is 35.5 Å². The number of β-amino-alcohol motifs (C(OH)–C–C–N with tert-alkyl or cyclic N) is 1. The van der Waals surface area contributed by atoms with Gasteiger partial charge in [-0.25, -0.2) is 0 Å². The van der Waals surface area contributed by atoms with Crippen LogP contribution >= 0.6 is 0 Å². The molecular weight excluding hydrogens is 272 g/mol. The molecule has 0 bridgehead atoms. The lowest BCUT2D eigenvalue weighted by atomic mass is 10.0. The van der Waals surface area contributed by atoms with Crippen LogP contribution in [0.25, 0.3) is 0 Å². The summed E-state index contributed by atoms with van der Waals surface area (Å²) in [5.41, 5.74) is 0. The molecule has 3 heteroatoms. The number of rotatable bonds is 15. The predicted molar refractivity (Wildman–Crippen MR) is 95.6 cm³/mol. The third-order valence-electron chi connectivity index (χ3n) is 4.53. The monoisotopic (exact) mass is 310 g/mol. The van der Waals surface area contributed by atoms with Gasteiger partial charge in [0, 0.05) is 18.9 Å². The Hall–Kier alpha value is -0.700. The Bertz CT molecular complexity index is 268. The molecule has 0 amide bonds. The van der Waals surface area contributed by atoms with Crippen LogP contribution in [-0.4, -0.2) is 29.3 Å². The van der Waals surface area contributed by atoms with E-state index in [9.17, 15) is 5.11 Å². The zero-order valence-electron chi connectivity index (χ0n) is 14.7. The summed E-state index contributed by atoms with van der Waals surface area (Å²) in [6.07, 6.45) is 21.2. The van der Waals surface area contributed by atoms with Crippen LogP contribution in [0.5, 0.6) is 0 Å². The SMILES string of the molecule is CCCCCCCCCCCCCCC(O)CN1C=CNC1. The van der Waals surface area contributed by atoms with Gasteiger partial charge in [0.1, 0.15) is 0 Å². The molecule has 1 aliphatic heterocycles. The molecule has 0 aromatic rings. The van der Waals surface area contributed by atoms with Crippen molar-refractivity contribution in [1.29, 1.82) is 0 Å². The van der Waals surface area contributed by atoms with Gasteiger partial charge in [0.15, 0.2) is 0 Å². The Kier molecular flexibility index (Phi) is 12.2. The molecular formula is C19H38N2O. The summed E-state index contributed by atoms with van der Waals surface area (Å²) in [5.74, 6) is 0. The number of unbranched alkanes of at least 4 members (excludes halogenated alkanes) is 11. The lowest BCUT2D eigenvalue weighted by Crippen LogP contribution is -2.29. The molecule has 0 aliphatic carbocycles. The molecule has 0 saturated carbocycles. The number of nitrogens with one attached hydrogen (secondary N) is 1. The first-order valence-corrected chi connectivity index (χ1v) is 9.65. The highest BCUT2D eigenvalue weighted by Crippen LogP contribution is 2.13. The molecule has 0 aromatic heterocycles. The lowest BCUT2D eigenvalue weighted by molar-refractivity contribution is 0.125. The van der Waals surface area contributed by atoms with E-state index < -0.39 is 0 Å². The van der Waals surface area contributed by atoms with E-state index in [1.807, 2.05) is 12.4 Å². The van der Waals surface area contributed by atoms with Gasteiger partial charge in [-0.2, -0.15) is 0 Å². The molecule has 1 atom stereocenters. The summed E-state index contributed by atoms with van der Waals surface area (Å²) in [4.78, 5) is 2.13. The van der Waals surface area contributed by atoms with Crippen molar-refractivity contribution >= 4 is 0 Å². The Morgan fingerprint density at radius 2 is 1.45 bits per heavy atom. The van der Waals surface area contributed by atoms with E-state index in [2.05, 4.69) is 17.1 Å². The molecule has 1 heterocycles. The molecule has 22 heavy (non-hydrogen) atoms. The highest BCUT2D eigenvalue weighted by atomic mass is 16.3. The number of aliphatic hydroxyl groups is 1. The van der Waals surface area contributed by atoms with E-state index in [0.29, 0.717) is 0 Å². The fourth-order valence-corrected chi connectivity index (χ4v) is 3.09. The van der Waals surface area contributed by atoms with Crippen LogP contribution in [0, 0.1) is 0 Å². The van der Waals surface area contributed by atoms with Crippen LogP contribution in [-0.2, 0) is 0 Å². The van der Waals surface area contributed by atoms with Crippen molar-refractivity contribution in [2.24, 2.45) is 0 Å². The molecule has 0 aromatic carbocycles. The Morgan fingerprint density at radius 1 is 0.909 bits per heavy atom. The fourth-order valence-electron chi connectivity index (χ4n) is 3.09. The molecule has 0 spiro atoms. The summed E-state index contributed by atoms with van der Waals surface area (Å²) in [6, 6.07) is 0. The zero-order valence-corrected chi connectivity index (χ0v) is 14.7. The summed E-state index contributed by atoms with van der Waals surface area (Å²) in [7, 11) is 0. The van der Waals surface area contributed by atoms with Crippen LogP contribution in [0.3, 0.4) is 0 Å². The quantitative estimate of drug-likeness (QED) is 0.428. The van der Waals surface area contributed by atoms with Gasteiger partial charge in [-0.15, -0.1) is 0 Å². The molecule has 1 rings (SSSR count). The van der Waals surface area contributed by atoms with Gasteiger partial charge in [0.25, 0.3) is 0 Å². The smallest absolute Gasteiger partial charge is 0.0868 e. The summed E-state index contributed by atoms with van der Waals surface area (Å²) >= 11 is 0. The van der Waals surface area contributed by atoms with Crippen LogP contribution < -0.4 is 5.32 Å². The summed E-state index contributed by atoms with van der Waals surface area (Å²) in [5, 5.41) is 13.1. The standard InChI is InChI=1S/C19H38N2O/c1-2-3-4-5-6-7-8-9-10-11-12-13-14-19(22)17-21-16-15-20-18-21/h15-16,19-20,22H,2-14,17-18H2,1H3. The third-order valence-corrected chi connectivity index (χ3v) is 4.53. The first-order chi connectivity index (χ1) is 10.8. The van der Waals surface area contributed by atoms with Gasteiger partial charge in [0.05, 0.1) is 12.8 Å². The van der Waals surface area contributed by atoms with Gasteiger partial charge in [-0.1, -0.05) is 84.0 Å². The van der Waals surface area contributed by atoms with Gasteiger partial charge < -0.3 is 15.3 Å². The van der Waals surface area contributed by atoms with E-state index in [-0.39, 0.29) is 6.10 Å². The van der Waals surface area contributed by atoms with Crippen LogP contribution in [0.2, 0.25) is 0 Å². The van der Waals surface area contributed by atoms with Crippen molar-refractivity contribution in [3.05, 3.63) is 12.4 Å². The van der Waals surface area contributed by atoms with E-state index >= 15 is 0 Å². The van der Waals surface area contributed by atoms with Crippen molar-refractivity contribution in [3.63, 3.8) is 0 Å². The average molecular weight is 311 g/mol. The highest BCUT2D eigenvalue weighted by Gasteiger charge is 2.10. The number of aliphatic hydroxyl groups excluding tert-OH is 1. The first kappa shape index (κ1) is 19.3. The summed E-state index contributed by atoms with van der Waals surface area (Å²) in [6.45, 7) is 3.89. The number of hydrogen-bond acceptors (Lipinski definition) is 3. The maximum atomic E-state index is 9.97. The van der Waals surface area contributed by atoms with E-state index in [4.69, 9.17) is 0 Å². The molecule has 0 fully saturated rings. The van der Waals surface area contributed by atoms with Crippen LogP contribution in [0.15, 0.2) is 12.4 Å². The van der Waals surface area contributed by atoms with Gasteiger partial charge in [0.2, 0.25) is 0 Å². The molecule has 130 valence electrons. The lowest BCUT2D eigenvalue weighted by Gasteiger charge is -2.19. The maximum Gasteiger partial charge on any atom is 0.0868 e. The highest BCUT2D eigenvalue weighted by molar-refractivity contribution is 4.88. The minimum absolute atomic E-state index is 0.173. The normalized spacial score (nSPS) is 15.3. The zero-order chi connectivity index (χ0) is 15.9. The third kappa shape index (κ3) is 10.9. The van der Waals surface area contributed by atoms with Gasteiger partial charge >= 0.3 is 0 Å². The number of hydrogen-bond donors (Lipinski definition) is 2. The Labute approximate surface area is 138 Å². The molecule has 2 N–H and O–H groups in total. The van der Waals surface area contributed by atoms with E-state index in [1.54, 1.807) is 0 Å². The van der Waals surface area contributed by atoms with E-state index in [0.717, 1.165) is 19.6 Å². The molecule has 1 aliphatic rings. The molecule has 3 nitrogen and oxygen atoms in total. The number of nitrogens with zero attached hydrogens (tertiary/aromatic N) is 1. The molecule has 1 unspecified atom stereocenters. The van der Waals surface area contributed by atoms with Gasteiger partial charge in [-0.05, 0) is 6.42 Å². The molecule has 0 saturated heterocycles. The minimum atomic E-state index is -0.173. The average Bonchev–Trinajstić information content (AvgIpc) is 3.01. The largest absolute Gasteiger partial charge is 0.391 e.